The van der Waals surface area contributed by atoms with Crippen LogP contribution >= 0.6 is 11.6 Å². The number of aryl methyl sites for hydroxylation is 1. The van der Waals surface area contributed by atoms with Crippen LogP contribution in [-0.4, -0.2) is 43.3 Å². The fourth-order valence-corrected chi connectivity index (χ4v) is 4.77. The second-order valence-corrected chi connectivity index (χ2v) is 9.55. The Morgan fingerprint density at radius 3 is 2.78 bits per heavy atom. The number of hydrogen-bond acceptors (Lipinski definition) is 4. The van der Waals surface area contributed by atoms with Crippen molar-refractivity contribution in [3.63, 3.8) is 0 Å². The van der Waals surface area contributed by atoms with Crippen molar-refractivity contribution in [1.82, 2.24) is 0 Å². The van der Waals surface area contributed by atoms with Gasteiger partial charge >= 0.3 is 5.97 Å². The van der Waals surface area contributed by atoms with Crippen LogP contribution in [0.2, 0.25) is 0 Å². The smallest absolute Gasteiger partial charge is 0.329 e. The average Bonchev–Trinajstić information content (AvgIpc) is 2.59. The summed E-state index contributed by atoms with van der Waals surface area (Å²) in [6, 6.07) is 4.98. The largest absolute Gasteiger partial charge is 0.480 e. The second-order valence-electron chi connectivity index (χ2n) is 6.82. The number of halogens is 1. The minimum Gasteiger partial charge on any atom is -0.480 e. The first-order valence-corrected chi connectivity index (χ1v) is 11.1. The number of carboxylic acids is 1. The third-order valence-corrected chi connectivity index (χ3v) is 6.89. The first-order chi connectivity index (χ1) is 12.7. The van der Waals surface area contributed by atoms with Crippen LogP contribution in [0.4, 0.5) is 0 Å². The lowest BCUT2D eigenvalue weighted by molar-refractivity contribution is -0.145. The number of hydrogen-bond donors (Lipinski definition) is 1. The number of alkyl halides is 1. The molecule has 2 rings (SSSR count). The van der Waals surface area contributed by atoms with E-state index in [9.17, 15) is 13.2 Å². The van der Waals surface area contributed by atoms with Crippen LogP contribution < -0.4 is 0 Å². The van der Waals surface area contributed by atoms with Gasteiger partial charge in [0.15, 0.2) is 9.84 Å². The van der Waals surface area contributed by atoms with E-state index < -0.39 is 15.8 Å². The highest BCUT2D eigenvalue weighted by molar-refractivity contribution is 7.91. The van der Waals surface area contributed by atoms with E-state index in [1.54, 1.807) is 18.2 Å². The summed E-state index contributed by atoms with van der Waals surface area (Å²) in [5.74, 6) is 5.12. The predicted octanol–water partition coefficient (Wildman–Crippen LogP) is 3.41. The fourth-order valence-electron chi connectivity index (χ4n) is 3.11. The van der Waals surface area contributed by atoms with Gasteiger partial charge in [-0.1, -0.05) is 24.8 Å². The Morgan fingerprint density at radius 1 is 1.37 bits per heavy atom. The van der Waals surface area contributed by atoms with Crippen molar-refractivity contribution in [2.24, 2.45) is 5.92 Å². The number of rotatable bonds is 6. The molecule has 0 heterocycles. The Bertz CT molecular complexity index is 838. The number of benzene rings is 1. The molecule has 1 aromatic rings. The van der Waals surface area contributed by atoms with E-state index in [1.165, 1.54) is 0 Å². The summed E-state index contributed by atoms with van der Waals surface area (Å²) in [6.45, 7) is 3.35. The Hall–Kier alpha value is -1.55. The van der Waals surface area contributed by atoms with Crippen LogP contribution in [0.5, 0.6) is 0 Å². The van der Waals surface area contributed by atoms with Gasteiger partial charge in [0.25, 0.3) is 0 Å². The third kappa shape index (κ3) is 6.24. The van der Waals surface area contributed by atoms with Gasteiger partial charge in [-0.3, -0.25) is 0 Å². The van der Waals surface area contributed by atoms with E-state index >= 15 is 0 Å². The molecular formula is C20H25ClO5S. The van der Waals surface area contributed by atoms with Gasteiger partial charge in [0.2, 0.25) is 0 Å². The zero-order chi connectivity index (χ0) is 20.0. The van der Waals surface area contributed by atoms with E-state index in [2.05, 4.69) is 11.8 Å². The van der Waals surface area contributed by atoms with E-state index in [1.807, 2.05) is 13.8 Å². The molecule has 0 spiro atoms. The first-order valence-electron chi connectivity index (χ1n) is 9.05. The Morgan fingerprint density at radius 2 is 2.11 bits per heavy atom. The molecule has 1 aliphatic rings. The Labute approximate surface area is 166 Å². The molecule has 27 heavy (non-hydrogen) atoms. The molecule has 7 heteroatoms. The van der Waals surface area contributed by atoms with Gasteiger partial charge in [0, 0.05) is 16.9 Å². The maximum Gasteiger partial charge on any atom is 0.329 e. The predicted molar refractivity (Wildman–Crippen MR) is 105 cm³/mol. The Kier molecular flexibility index (Phi) is 7.72. The van der Waals surface area contributed by atoms with Gasteiger partial charge in [0.1, 0.15) is 6.61 Å². The molecule has 0 bridgehead atoms. The molecule has 1 aliphatic carbocycles. The fraction of sp³-hybridized carbons (Fsp3) is 0.550. The van der Waals surface area contributed by atoms with Crippen molar-refractivity contribution < 1.29 is 23.1 Å². The summed E-state index contributed by atoms with van der Waals surface area (Å²) >= 11 is 6.25. The van der Waals surface area contributed by atoms with Crippen molar-refractivity contribution in [2.75, 3.05) is 12.4 Å². The summed E-state index contributed by atoms with van der Waals surface area (Å²) in [6.07, 6.45) is 2.30. The second kappa shape index (κ2) is 9.59. The van der Waals surface area contributed by atoms with Crippen LogP contribution in [0.1, 0.15) is 43.7 Å². The number of ether oxygens (including phenoxy) is 1. The van der Waals surface area contributed by atoms with E-state index in [4.69, 9.17) is 21.4 Å². The van der Waals surface area contributed by atoms with Gasteiger partial charge in [0.05, 0.1) is 16.8 Å². The summed E-state index contributed by atoms with van der Waals surface area (Å²) in [4.78, 5) is 11.1. The molecule has 148 valence electrons. The van der Waals surface area contributed by atoms with Crippen LogP contribution in [0, 0.1) is 24.7 Å². The van der Waals surface area contributed by atoms with Gasteiger partial charge in [-0.25, -0.2) is 13.2 Å². The van der Waals surface area contributed by atoms with Crippen LogP contribution in [0.15, 0.2) is 23.1 Å². The monoisotopic (exact) mass is 412 g/mol. The number of sulfone groups is 1. The molecule has 3 unspecified atom stereocenters. The standard InChI is InChI=1S/C20H25ClO5S/c1-3-10-27(24,25)18-8-4-14(2)15(12-18)5-6-16-11-17(21)7-9-19(16)26-13-20(22)23/h4,8,12,16-17,19H,3,7,9-11,13H2,1-2H3,(H,22,23). The van der Waals surface area contributed by atoms with Crippen LogP contribution in [0.25, 0.3) is 0 Å². The zero-order valence-electron chi connectivity index (χ0n) is 15.6. The number of aliphatic carboxylic acids is 1. The van der Waals surface area contributed by atoms with E-state index in [-0.39, 0.29) is 34.7 Å². The summed E-state index contributed by atoms with van der Waals surface area (Å²) in [7, 11) is -3.31. The lowest BCUT2D eigenvalue weighted by atomic mass is 9.86. The van der Waals surface area contributed by atoms with Gasteiger partial charge < -0.3 is 9.84 Å². The number of carboxylic acid groups (broad SMARTS) is 1. The Balaban J connectivity index is 2.26. The van der Waals surface area contributed by atoms with Crippen molar-refractivity contribution >= 4 is 27.4 Å². The van der Waals surface area contributed by atoms with E-state index in [0.717, 1.165) is 12.0 Å². The highest BCUT2D eigenvalue weighted by Crippen LogP contribution is 2.30. The highest BCUT2D eigenvalue weighted by atomic mass is 35.5. The van der Waals surface area contributed by atoms with Crippen molar-refractivity contribution in [3.8, 4) is 11.8 Å². The molecule has 1 saturated carbocycles. The van der Waals surface area contributed by atoms with Crippen molar-refractivity contribution in [2.45, 2.75) is 55.9 Å². The minimum atomic E-state index is -3.31. The quantitative estimate of drug-likeness (QED) is 0.572. The number of carbonyl (C=O) groups is 1. The maximum absolute atomic E-state index is 12.3. The molecule has 0 radical (unpaired) electrons. The molecule has 0 aliphatic heterocycles. The SMILES string of the molecule is CCCS(=O)(=O)c1ccc(C)c(C#CC2CC(Cl)CCC2OCC(=O)O)c1. The lowest BCUT2D eigenvalue weighted by Crippen LogP contribution is -2.32. The molecule has 0 aromatic heterocycles. The first kappa shape index (κ1) is 21.7. The summed E-state index contributed by atoms with van der Waals surface area (Å²) in [5.41, 5.74) is 1.54. The third-order valence-electron chi connectivity index (χ3n) is 4.58. The highest BCUT2D eigenvalue weighted by Gasteiger charge is 2.29. The maximum atomic E-state index is 12.3. The van der Waals surface area contributed by atoms with E-state index in [0.29, 0.717) is 24.8 Å². The van der Waals surface area contributed by atoms with Crippen molar-refractivity contribution in [1.29, 1.82) is 0 Å². The molecule has 1 aromatic carbocycles. The molecule has 0 saturated heterocycles. The van der Waals surface area contributed by atoms with Crippen LogP contribution in [0.3, 0.4) is 0 Å². The topological polar surface area (TPSA) is 80.7 Å². The lowest BCUT2D eigenvalue weighted by Gasteiger charge is -2.30. The zero-order valence-corrected chi connectivity index (χ0v) is 17.1. The summed E-state index contributed by atoms with van der Waals surface area (Å²) < 4.78 is 30.1. The normalized spacial score (nSPS) is 22.7. The van der Waals surface area contributed by atoms with Crippen molar-refractivity contribution in [3.05, 3.63) is 29.3 Å². The molecule has 5 nitrogen and oxygen atoms in total. The molecule has 3 atom stereocenters. The molecule has 1 fully saturated rings. The van der Waals surface area contributed by atoms with Gasteiger partial charge in [-0.05, 0) is 50.3 Å². The molecule has 1 N–H and O–H groups in total. The molecule has 0 amide bonds. The minimum absolute atomic E-state index is 0.0219. The van der Waals surface area contributed by atoms with Crippen LogP contribution in [-0.2, 0) is 19.4 Å². The molecular weight excluding hydrogens is 388 g/mol. The van der Waals surface area contributed by atoms with Gasteiger partial charge in [-0.2, -0.15) is 0 Å². The average molecular weight is 413 g/mol. The van der Waals surface area contributed by atoms with Gasteiger partial charge in [-0.15, -0.1) is 11.6 Å². The summed E-state index contributed by atoms with van der Waals surface area (Å²) in [5, 5.41) is 8.81.